The predicted octanol–water partition coefficient (Wildman–Crippen LogP) is -0.208. The number of aliphatic hydroxyl groups excluding tert-OH is 4. The SMILES string of the molecule is O=C(N[C@H]1C=C(CO)[C@H](CO)[C@H](CO)[C@@H]1O)OCc1ccccc1. The molecule has 1 aromatic carbocycles. The van der Waals surface area contributed by atoms with E-state index >= 15 is 0 Å². The van der Waals surface area contributed by atoms with Gasteiger partial charge >= 0.3 is 6.09 Å². The topological polar surface area (TPSA) is 119 Å². The molecule has 0 heterocycles. The first-order valence-corrected chi connectivity index (χ1v) is 7.79. The van der Waals surface area contributed by atoms with Crippen LogP contribution >= 0.6 is 0 Å². The van der Waals surface area contributed by atoms with Crippen LogP contribution in [0.4, 0.5) is 4.79 Å². The molecule has 1 aliphatic carbocycles. The molecule has 0 aromatic heterocycles. The lowest BCUT2D eigenvalue weighted by atomic mass is 9.75. The maximum atomic E-state index is 11.9. The number of nitrogens with one attached hydrogen (secondary N) is 1. The molecule has 132 valence electrons. The van der Waals surface area contributed by atoms with Gasteiger partial charge in [0.05, 0.1) is 25.4 Å². The number of amides is 1. The largest absolute Gasteiger partial charge is 0.445 e. The fourth-order valence-electron chi connectivity index (χ4n) is 2.92. The molecule has 0 fully saturated rings. The van der Waals surface area contributed by atoms with Crippen LogP contribution in [0.2, 0.25) is 0 Å². The fraction of sp³-hybridized carbons (Fsp3) is 0.471. The lowest BCUT2D eigenvalue weighted by molar-refractivity contribution is -0.000644. The van der Waals surface area contributed by atoms with Crippen LogP contribution in [0.5, 0.6) is 0 Å². The number of ether oxygens (including phenoxy) is 1. The van der Waals surface area contributed by atoms with Gasteiger partial charge in [-0.25, -0.2) is 4.79 Å². The van der Waals surface area contributed by atoms with Crippen LogP contribution in [0, 0.1) is 11.8 Å². The first-order chi connectivity index (χ1) is 11.6. The van der Waals surface area contributed by atoms with Gasteiger partial charge in [-0.3, -0.25) is 0 Å². The number of alkyl carbamates (subject to hydrolysis) is 1. The second-order valence-electron chi connectivity index (χ2n) is 5.76. The van der Waals surface area contributed by atoms with Crippen molar-refractivity contribution >= 4 is 6.09 Å². The van der Waals surface area contributed by atoms with Gasteiger partial charge in [0.2, 0.25) is 0 Å². The van der Waals surface area contributed by atoms with Crippen molar-refractivity contribution in [2.24, 2.45) is 11.8 Å². The maximum Gasteiger partial charge on any atom is 0.408 e. The van der Waals surface area contributed by atoms with Gasteiger partial charge in [-0.15, -0.1) is 0 Å². The molecule has 7 heteroatoms. The van der Waals surface area contributed by atoms with Gasteiger partial charge in [-0.05, 0) is 11.1 Å². The van der Waals surface area contributed by atoms with Crippen molar-refractivity contribution in [1.82, 2.24) is 5.32 Å². The highest BCUT2D eigenvalue weighted by Gasteiger charge is 2.39. The molecule has 0 radical (unpaired) electrons. The van der Waals surface area contributed by atoms with Crippen LogP contribution in [0.1, 0.15) is 5.56 Å². The number of aliphatic hydroxyl groups is 4. The highest BCUT2D eigenvalue weighted by atomic mass is 16.5. The molecule has 0 bridgehead atoms. The summed E-state index contributed by atoms with van der Waals surface area (Å²) in [6.07, 6.45) is -0.302. The van der Waals surface area contributed by atoms with Gasteiger partial charge in [0.1, 0.15) is 6.61 Å². The van der Waals surface area contributed by atoms with Crippen molar-refractivity contribution in [3.05, 3.63) is 47.5 Å². The molecule has 0 saturated heterocycles. The number of rotatable bonds is 6. The first-order valence-electron chi connectivity index (χ1n) is 7.79. The molecule has 2 rings (SSSR count). The minimum Gasteiger partial charge on any atom is -0.445 e. The third kappa shape index (κ3) is 4.33. The van der Waals surface area contributed by atoms with E-state index in [0.717, 1.165) is 5.56 Å². The van der Waals surface area contributed by atoms with Gasteiger partial charge in [0.15, 0.2) is 0 Å². The lowest BCUT2D eigenvalue weighted by Gasteiger charge is -2.38. The Morgan fingerprint density at radius 2 is 1.83 bits per heavy atom. The second kappa shape index (κ2) is 8.79. The summed E-state index contributed by atoms with van der Waals surface area (Å²) >= 11 is 0. The molecule has 7 nitrogen and oxygen atoms in total. The molecule has 5 N–H and O–H groups in total. The quantitative estimate of drug-likeness (QED) is 0.458. The van der Waals surface area contributed by atoms with Crippen molar-refractivity contribution in [2.45, 2.75) is 18.8 Å². The van der Waals surface area contributed by atoms with E-state index in [1.807, 2.05) is 30.3 Å². The Bertz CT molecular complexity index is 561. The Morgan fingerprint density at radius 1 is 1.12 bits per heavy atom. The summed E-state index contributed by atoms with van der Waals surface area (Å²) in [6, 6.07) is 8.35. The molecular weight excluding hydrogens is 314 g/mol. The van der Waals surface area contributed by atoms with Gasteiger partial charge in [0.25, 0.3) is 0 Å². The molecule has 4 atom stereocenters. The third-order valence-corrected chi connectivity index (χ3v) is 4.28. The molecule has 1 aromatic rings. The molecule has 0 unspecified atom stereocenters. The molecule has 1 aliphatic rings. The number of hydrogen-bond donors (Lipinski definition) is 5. The van der Waals surface area contributed by atoms with E-state index in [4.69, 9.17) is 4.74 Å². The second-order valence-corrected chi connectivity index (χ2v) is 5.76. The summed E-state index contributed by atoms with van der Waals surface area (Å²) in [4.78, 5) is 11.9. The highest BCUT2D eigenvalue weighted by Crippen LogP contribution is 2.30. The average Bonchev–Trinajstić information content (AvgIpc) is 2.61. The molecule has 24 heavy (non-hydrogen) atoms. The van der Waals surface area contributed by atoms with E-state index < -0.39 is 30.1 Å². The number of carbonyl (C=O) groups is 1. The van der Waals surface area contributed by atoms with Crippen LogP contribution < -0.4 is 5.32 Å². The van der Waals surface area contributed by atoms with Crippen molar-refractivity contribution < 1.29 is 30.0 Å². The predicted molar refractivity (Wildman–Crippen MR) is 85.9 cm³/mol. The van der Waals surface area contributed by atoms with Crippen LogP contribution in [0.15, 0.2) is 42.0 Å². The van der Waals surface area contributed by atoms with Crippen LogP contribution in [-0.4, -0.2) is 58.5 Å². The molecule has 0 aliphatic heterocycles. The average molecular weight is 337 g/mol. The van der Waals surface area contributed by atoms with Crippen LogP contribution in [0.25, 0.3) is 0 Å². The van der Waals surface area contributed by atoms with E-state index in [1.165, 1.54) is 6.08 Å². The molecule has 0 saturated carbocycles. The summed E-state index contributed by atoms with van der Waals surface area (Å²) in [6.45, 7) is -0.915. The Labute approximate surface area is 140 Å². The van der Waals surface area contributed by atoms with Gasteiger partial charge in [-0.2, -0.15) is 0 Å². The monoisotopic (exact) mass is 337 g/mol. The van der Waals surface area contributed by atoms with Crippen molar-refractivity contribution in [3.63, 3.8) is 0 Å². The molecular formula is C17H23NO6. The maximum absolute atomic E-state index is 11.9. The van der Waals surface area contributed by atoms with E-state index in [9.17, 15) is 25.2 Å². The third-order valence-electron chi connectivity index (χ3n) is 4.28. The minimum absolute atomic E-state index is 0.0920. The first kappa shape index (κ1) is 18.4. The van der Waals surface area contributed by atoms with Gasteiger partial charge in [-0.1, -0.05) is 36.4 Å². The molecule has 1 amide bonds. The standard InChI is InChI=1S/C17H23NO6/c19-7-12-6-15(16(22)14(9-21)13(12)8-20)18-17(23)24-10-11-4-2-1-3-5-11/h1-6,13-16,19-22H,7-10H2,(H,18,23)/t13-,14-,15-,16-/m0/s1. The van der Waals surface area contributed by atoms with Crippen LogP contribution in [0.3, 0.4) is 0 Å². The van der Waals surface area contributed by atoms with E-state index in [-0.39, 0.29) is 26.4 Å². The summed E-state index contributed by atoms with van der Waals surface area (Å²) in [5, 5.41) is 41.1. The summed E-state index contributed by atoms with van der Waals surface area (Å²) < 4.78 is 5.11. The number of benzene rings is 1. The van der Waals surface area contributed by atoms with Gasteiger partial charge < -0.3 is 30.5 Å². The van der Waals surface area contributed by atoms with Gasteiger partial charge in [0, 0.05) is 18.4 Å². The Balaban J connectivity index is 2.00. The van der Waals surface area contributed by atoms with Crippen molar-refractivity contribution in [2.75, 3.05) is 19.8 Å². The Hall–Kier alpha value is -1.93. The molecule has 0 spiro atoms. The van der Waals surface area contributed by atoms with Crippen molar-refractivity contribution in [1.29, 1.82) is 0 Å². The van der Waals surface area contributed by atoms with E-state index in [0.29, 0.717) is 5.57 Å². The fourth-order valence-corrected chi connectivity index (χ4v) is 2.92. The van der Waals surface area contributed by atoms with E-state index in [1.54, 1.807) is 0 Å². The zero-order valence-electron chi connectivity index (χ0n) is 13.2. The normalized spacial score (nSPS) is 26.6. The smallest absolute Gasteiger partial charge is 0.408 e. The zero-order chi connectivity index (χ0) is 17.5. The van der Waals surface area contributed by atoms with Crippen molar-refractivity contribution in [3.8, 4) is 0 Å². The highest BCUT2D eigenvalue weighted by molar-refractivity contribution is 5.68. The van der Waals surface area contributed by atoms with Crippen LogP contribution in [-0.2, 0) is 11.3 Å². The minimum atomic E-state index is -1.09. The Morgan fingerprint density at radius 3 is 2.42 bits per heavy atom. The number of hydrogen-bond acceptors (Lipinski definition) is 6. The summed E-state index contributed by atoms with van der Waals surface area (Å²) in [5.74, 6) is -1.23. The summed E-state index contributed by atoms with van der Waals surface area (Å²) in [7, 11) is 0. The zero-order valence-corrected chi connectivity index (χ0v) is 13.2. The van der Waals surface area contributed by atoms with E-state index in [2.05, 4.69) is 5.32 Å². The summed E-state index contributed by atoms with van der Waals surface area (Å²) in [5.41, 5.74) is 1.30. The lowest BCUT2D eigenvalue weighted by Crippen LogP contribution is -2.52. The number of carbonyl (C=O) groups excluding carboxylic acids is 1. The Kier molecular flexibility index (Phi) is 6.74.